The van der Waals surface area contributed by atoms with Gasteiger partial charge in [0, 0.05) is 40.0 Å². The van der Waals surface area contributed by atoms with Gasteiger partial charge in [0.15, 0.2) is 12.2 Å². The fraction of sp³-hybridized carbons (Fsp3) is 0.357. The van der Waals surface area contributed by atoms with Crippen molar-refractivity contribution < 1.29 is 52.0 Å². The zero-order valence-corrected chi connectivity index (χ0v) is 22.6. The van der Waals surface area contributed by atoms with Crippen molar-refractivity contribution in [1.82, 2.24) is 4.98 Å². The van der Waals surface area contributed by atoms with Crippen LogP contribution in [0.1, 0.15) is 27.7 Å². The molecular formula is C28H27NO12. The van der Waals surface area contributed by atoms with Gasteiger partial charge in [-0.2, -0.15) is 0 Å². The monoisotopic (exact) mass is 569 g/mol. The molecule has 0 radical (unpaired) electrons. The third-order valence-corrected chi connectivity index (χ3v) is 5.89. The van der Waals surface area contributed by atoms with E-state index in [1.54, 1.807) is 24.4 Å². The third-order valence-electron chi connectivity index (χ3n) is 5.89. The molecule has 1 fully saturated rings. The van der Waals surface area contributed by atoms with E-state index in [0.29, 0.717) is 5.69 Å². The summed E-state index contributed by atoms with van der Waals surface area (Å²) in [6.07, 6.45) is -3.90. The van der Waals surface area contributed by atoms with Crippen molar-refractivity contribution in [3.63, 3.8) is 0 Å². The summed E-state index contributed by atoms with van der Waals surface area (Å²) in [5.41, 5.74) is 0.578. The van der Waals surface area contributed by atoms with Crippen LogP contribution in [0.15, 0.2) is 58.1 Å². The van der Waals surface area contributed by atoms with Gasteiger partial charge in [0.25, 0.3) is 0 Å². The van der Waals surface area contributed by atoms with Crippen LogP contribution < -0.4 is 10.2 Å². The number of rotatable bonds is 8. The highest BCUT2D eigenvalue weighted by Gasteiger charge is 2.53. The summed E-state index contributed by atoms with van der Waals surface area (Å²) in [6.45, 7) is 4.13. The van der Waals surface area contributed by atoms with Crippen molar-refractivity contribution in [2.75, 3.05) is 6.61 Å². The Balaban J connectivity index is 1.70. The van der Waals surface area contributed by atoms with Crippen LogP contribution in [0.5, 0.6) is 5.75 Å². The van der Waals surface area contributed by atoms with Gasteiger partial charge in [0.2, 0.25) is 17.8 Å². The summed E-state index contributed by atoms with van der Waals surface area (Å²) >= 11 is 0. The van der Waals surface area contributed by atoms with Crippen LogP contribution >= 0.6 is 0 Å². The van der Waals surface area contributed by atoms with E-state index in [9.17, 15) is 24.0 Å². The Kier molecular flexibility index (Phi) is 8.97. The number of carbonyl (C=O) groups excluding carboxylic acids is 4. The van der Waals surface area contributed by atoms with Crippen molar-refractivity contribution in [3.8, 4) is 17.0 Å². The summed E-state index contributed by atoms with van der Waals surface area (Å²) in [5.74, 6) is -2.80. The smallest absolute Gasteiger partial charge is 0.303 e. The highest BCUT2D eigenvalue weighted by molar-refractivity contribution is 5.82. The van der Waals surface area contributed by atoms with Crippen LogP contribution in [0.4, 0.5) is 0 Å². The summed E-state index contributed by atoms with van der Waals surface area (Å²) in [5, 5.41) is 0.252. The average molecular weight is 570 g/mol. The first kappa shape index (κ1) is 29.2. The Hall–Kier alpha value is -4.78. The quantitative estimate of drug-likeness (QED) is 0.287. The number of fused-ring (bicyclic) bond motifs is 1. The van der Waals surface area contributed by atoms with Gasteiger partial charge in [-0.05, 0) is 24.3 Å². The van der Waals surface area contributed by atoms with Gasteiger partial charge in [0.1, 0.15) is 30.3 Å². The molecule has 0 spiro atoms. The lowest BCUT2D eigenvalue weighted by atomic mass is 9.98. The molecule has 1 aliphatic heterocycles. The van der Waals surface area contributed by atoms with E-state index in [1.165, 1.54) is 31.4 Å². The Morgan fingerprint density at radius 2 is 1.54 bits per heavy atom. The van der Waals surface area contributed by atoms with Crippen LogP contribution in [0, 0.1) is 0 Å². The average Bonchev–Trinajstić information content (AvgIpc) is 2.91. The number of carbonyl (C=O) groups is 4. The maximum absolute atomic E-state index is 13.1. The van der Waals surface area contributed by atoms with Crippen LogP contribution in [-0.4, -0.2) is 66.2 Å². The van der Waals surface area contributed by atoms with E-state index in [0.717, 1.165) is 20.8 Å². The molecule has 0 amide bonds. The molecular weight excluding hydrogens is 542 g/mol. The van der Waals surface area contributed by atoms with Crippen LogP contribution in [0.2, 0.25) is 0 Å². The third kappa shape index (κ3) is 7.06. The molecule has 3 heterocycles. The molecule has 13 nitrogen and oxygen atoms in total. The number of hydrogen-bond acceptors (Lipinski definition) is 13. The number of nitrogens with zero attached hydrogens (tertiary/aromatic N) is 1. The molecule has 0 bridgehead atoms. The molecule has 0 N–H and O–H groups in total. The number of esters is 4. The molecule has 41 heavy (non-hydrogen) atoms. The summed E-state index contributed by atoms with van der Waals surface area (Å²) < 4.78 is 38.8. The van der Waals surface area contributed by atoms with Crippen molar-refractivity contribution in [3.05, 3.63) is 59.1 Å². The number of benzene rings is 1. The predicted molar refractivity (Wildman–Crippen MR) is 138 cm³/mol. The highest BCUT2D eigenvalue weighted by atomic mass is 16.7. The number of hydrogen-bond donors (Lipinski definition) is 0. The highest BCUT2D eigenvalue weighted by Crippen LogP contribution is 2.32. The van der Waals surface area contributed by atoms with E-state index in [4.69, 9.17) is 32.8 Å². The Bertz CT molecular complexity index is 1500. The molecule has 0 unspecified atom stereocenters. The molecule has 5 atom stereocenters. The predicted octanol–water partition coefficient (Wildman–Crippen LogP) is 2.32. The Labute approximate surface area is 233 Å². The number of ether oxygens (including phenoxy) is 6. The van der Waals surface area contributed by atoms with Crippen molar-refractivity contribution >= 4 is 34.8 Å². The molecule has 1 aromatic carbocycles. The fourth-order valence-electron chi connectivity index (χ4n) is 4.30. The number of pyridine rings is 1. The normalized spacial score (nSPS) is 21.9. The lowest BCUT2D eigenvalue weighted by molar-refractivity contribution is -0.288. The summed E-state index contributed by atoms with van der Waals surface area (Å²) in [7, 11) is 0. The fourth-order valence-corrected chi connectivity index (χ4v) is 4.30. The van der Waals surface area contributed by atoms with Gasteiger partial charge in [-0.25, -0.2) is 0 Å². The molecule has 216 valence electrons. The SMILES string of the molecule is CC(=O)OC[C@H]1O[C@@H](Oc2ccc3c(=O)c(-c4ccccn4)coc3c2)[C@@H](OC(C)=O)[C@@H](OC(C)=O)[C@H]1OC(C)=O. The standard InChI is InChI=1S/C28H27NO12/c1-14(30)35-13-23-25(37-15(2)31)26(38-16(3)32)27(39-17(4)33)28(41-23)40-18-8-9-19-22(11-18)36-12-20(24(19)34)21-7-5-6-10-29-21/h5-12,23,25-28H,13H2,1-4H3/t23-,25+,26+,27+,28-/m1/s1. The van der Waals surface area contributed by atoms with Crippen LogP contribution in [0.3, 0.4) is 0 Å². The number of aromatic nitrogens is 1. The maximum atomic E-state index is 13.1. The van der Waals surface area contributed by atoms with E-state index < -0.39 is 61.2 Å². The lowest BCUT2D eigenvalue weighted by Crippen LogP contribution is -2.63. The minimum Gasteiger partial charge on any atom is -0.463 e. The van der Waals surface area contributed by atoms with Crippen LogP contribution in [0.25, 0.3) is 22.2 Å². The maximum Gasteiger partial charge on any atom is 0.303 e. The van der Waals surface area contributed by atoms with E-state index in [2.05, 4.69) is 4.98 Å². The van der Waals surface area contributed by atoms with Gasteiger partial charge < -0.3 is 32.8 Å². The second-order valence-corrected chi connectivity index (χ2v) is 9.04. The van der Waals surface area contributed by atoms with E-state index in [1.807, 2.05) is 0 Å². The Morgan fingerprint density at radius 1 is 0.854 bits per heavy atom. The van der Waals surface area contributed by atoms with Gasteiger partial charge in [0.05, 0.1) is 16.6 Å². The second-order valence-electron chi connectivity index (χ2n) is 9.04. The first-order valence-electron chi connectivity index (χ1n) is 12.5. The van der Waals surface area contributed by atoms with Gasteiger partial charge in [-0.1, -0.05) is 6.07 Å². The molecule has 0 saturated carbocycles. The minimum absolute atomic E-state index is 0.132. The topological polar surface area (TPSA) is 167 Å². The van der Waals surface area contributed by atoms with Crippen LogP contribution in [-0.2, 0) is 42.9 Å². The minimum atomic E-state index is -1.44. The first-order chi connectivity index (χ1) is 19.5. The first-order valence-corrected chi connectivity index (χ1v) is 12.5. The molecule has 2 aromatic heterocycles. The summed E-state index contributed by atoms with van der Waals surface area (Å²) in [4.78, 5) is 64.7. The zero-order valence-electron chi connectivity index (χ0n) is 22.6. The van der Waals surface area contributed by atoms with Crippen molar-refractivity contribution in [2.45, 2.75) is 58.4 Å². The lowest BCUT2D eigenvalue weighted by Gasteiger charge is -2.43. The van der Waals surface area contributed by atoms with Crippen molar-refractivity contribution in [1.29, 1.82) is 0 Å². The van der Waals surface area contributed by atoms with E-state index >= 15 is 0 Å². The van der Waals surface area contributed by atoms with E-state index in [-0.39, 0.29) is 27.7 Å². The van der Waals surface area contributed by atoms with Gasteiger partial charge in [-0.3, -0.25) is 29.0 Å². The summed E-state index contributed by atoms with van der Waals surface area (Å²) in [6, 6.07) is 9.52. The second kappa shape index (κ2) is 12.6. The molecule has 13 heteroatoms. The Morgan fingerprint density at radius 3 is 2.17 bits per heavy atom. The van der Waals surface area contributed by atoms with Crippen molar-refractivity contribution in [2.24, 2.45) is 0 Å². The molecule has 3 aromatic rings. The molecule has 1 saturated heterocycles. The zero-order chi connectivity index (χ0) is 29.7. The molecule has 0 aliphatic carbocycles. The largest absolute Gasteiger partial charge is 0.463 e. The van der Waals surface area contributed by atoms with Gasteiger partial charge >= 0.3 is 23.9 Å². The van der Waals surface area contributed by atoms with Gasteiger partial charge in [-0.15, -0.1) is 0 Å². The molecule has 4 rings (SSSR count). The molecule has 1 aliphatic rings.